The second kappa shape index (κ2) is 5.77. The van der Waals surface area contributed by atoms with Crippen molar-refractivity contribution in [3.8, 4) is 0 Å². The summed E-state index contributed by atoms with van der Waals surface area (Å²) in [6, 6.07) is 3.63. The van der Waals surface area contributed by atoms with Crippen LogP contribution >= 0.6 is 23.6 Å². The molecule has 0 saturated carbocycles. The van der Waals surface area contributed by atoms with E-state index in [9.17, 15) is 4.79 Å². The molecular weight excluding hydrogens is 268 g/mol. The van der Waals surface area contributed by atoms with E-state index in [2.05, 4.69) is 5.32 Å². The van der Waals surface area contributed by atoms with Gasteiger partial charge < -0.3 is 9.64 Å². The number of amides is 1. The third-order valence-electron chi connectivity index (χ3n) is 2.67. The molecule has 1 aliphatic heterocycles. The molecule has 1 aromatic rings. The molecule has 98 valence electrons. The summed E-state index contributed by atoms with van der Waals surface area (Å²) in [7, 11) is 0. The van der Waals surface area contributed by atoms with E-state index in [4.69, 9.17) is 17.0 Å². The van der Waals surface area contributed by atoms with Crippen LogP contribution in [-0.2, 0) is 4.74 Å². The van der Waals surface area contributed by atoms with Crippen molar-refractivity contribution in [1.29, 1.82) is 0 Å². The van der Waals surface area contributed by atoms with Gasteiger partial charge >= 0.3 is 0 Å². The molecule has 0 aliphatic carbocycles. The molecule has 1 amide bonds. The van der Waals surface area contributed by atoms with Gasteiger partial charge in [-0.3, -0.25) is 10.1 Å². The van der Waals surface area contributed by atoms with Crippen molar-refractivity contribution >= 4 is 34.6 Å². The average Bonchev–Trinajstić information content (AvgIpc) is 2.80. The third-order valence-corrected chi connectivity index (χ3v) is 3.90. The monoisotopic (exact) mass is 284 g/mol. The van der Waals surface area contributed by atoms with Crippen molar-refractivity contribution in [3.05, 3.63) is 22.4 Å². The molecule has 2 heterocycles. The summed E-state index contributed by atoms with van der Waals surface area (Å²) in [5, 5.41) is 5.12. The zero-order valence-corrected chi connectivity index (χ0v) is 12.0. The molecule has 1 saturated heterocycles. The SMILES string of the molecule is C[C@@H]1CN(C(=S)NC(=O)c2cccs2)C[C@@H](C)O1. The van der Waals surface area contributed by atoms with Crippen LogP contribution in [0.5, 0.6) is 0 Å². The Bertz CT molecular complexity index is 423. The van der Waals surface area contributed by atoms with Gasteiger partial charge in [0.15, 0.2) is 5.11 Å². The van der Waals surface area contributed by atoms with Crippen LogP contribution in [0.15, 0.2) is 17.5 Å². The molecule has 6 heteroatoms. The van der Waals surface area contributed by atoms with Gasteiger partial charge in [0.05, 0.1) is 17.1 Å². The number of hydrogen-bond donors (Lipinski definition) is 1. The number of hydrogen-bond acceptors (Lipinski definition) is 4. The fraction of sp³-hybridized carbons (Fsp3) is 0.500. The topological polar surface area (TPSA) is 41.6 Å². The summed E-state index contributed by atoms with van der Waals surface area (Å²) in [6.07, 6.45) is 0.260. The zero-order valence-electron chi connectivity index (χ0n) is 10.4. The molecule has 2 rings (SSSR count). The first-order valence-electron chi connectivity index (χ1n) is 5.85. The lowest BCUT2D eigenvalue weighted by atomic mass is 10.2. The summed E-state index contributed by atoms with van der Waals surface area (Å²) < 4.78 is 5.63. The third kappa shape index (κ3) is 3.28. The molecule has 4 nitrogen and oxygen atoms in total. The minimum absolute atomic E-state index is 0.130. The summed E-state index contributed by atoms with van der Waals surface area (Å²) in [6.45, 7) is 5.44. The Morgan fingerprint density at radius 3 is 2.72 bits per heavy atom. The molecule has 1 aromatic heterocycles. The minimum Gasteiger partial charge on any atom is -0.372 e. The van der Waals surface area contributed by atoms with Crippen LogP contribution in [0.2, 0.25) is 0 Å². The van der Waals surface area contributed by atoms with Crippen LogP contribution < -0.4 is 5.32 Å². The maximum atomic E-state index is 11.9. The van der Waals surface area contributed by atoms with E-state index >= 15 is 0 Å². The van der Waals surface area contributed by atoms with E-state index in [1.54, 1.807) is 6.07 Å². The summed E-state index contributed by atoms with van der Waals surface area (Å²) >= 11 is 6.68. The van der Waals surface area contributed by atoms with Crippen molar-refractivity contribution in [2.75, 3.05) is 13.1 Å². The Morgan fingerprint density at radius 1 is 1.50 bits per heavy atom. The normalized spacial score (nSPS) is 23.8. The van der Waals surface area contributed by atoms with Gasteiger partial charge in [-0.15, -0.1) is 11.3 Å². The van der Waals surface area contributed by atoms with Crippen molar-refractivity contribution in [2.45, 2.75) is 26.1 Å². The Labute approximate surface area is 116 Å². The zero-order chi connectivity index (χ0) is 13.1. The maximum absolute atomic E-state index is 11.9. The number of thiocarbonyl (C=S) groups is 1. The predicted molar refractivity (Wildman–Crippen MR) is 76.0 cm³/mol. The fourth-order valence-corrected chi connectivity index (χ4v) is 2.85. The number of ether oxygens (including phenoxy) is 1. The van der Waals surface area contributed by atoms with Crippen molar-refractivity contribution < 1.29 is 9.53 Å². The highest BCUT2D eigenvalue weighted by molar-refractivity contribution is 7.80. The second-order valence-corrected chi connectivity index (χ2v) is 5.73. The average molecular weight is 284 g/mol. The van der Waals surface area contributed by atoms with Crippen LogP contribution in [0.1, 0.15) is 23.5 Å². The highest BCUT2D eigenvalue weighted by atomic mass is 32.1. The molecular formula is C12H16N2O2S2. The van der Waals surface area contributed by atoms with Crippen LogP contribution in [0.25, 0.3) is 0 Å². The molecule has 1 fully saturated rings. The summed E-state index contributed by atoms with van der Waals surface area (Å²) in [5.41, 5.74) is 0. The van der Waals surface area contributed by atoms with Crippen LogP contribution in [-0.4, -0.2) is 41.2 Å². The van der Waals surface area contributed by atoms with Gasteiger partial charge in [-0.1, -0.05) is 6.07 Å². The van der Waals surface area contributed by atoms with E-state index in [-0.39, 0.29) is 18.1 Å². The molecule has 0 aromatic carbocycles. The molecule has 0 bridgehead atoms. The summed E-state index contributed by atoms with van der Waals surface area (Å²) in [5.74, 6) is -0.137. The van der Waals surface area contributed by atoms with Gasteiger partial charge in [-0.2, -0.15) is 0 Å². The number of thiophene rings is 1. The van der Waals surface area contributed by atoms with Gasteiger partial charge in [0.2, 0.25) is 0 Å². The smallest absolute Gasteiger partial charge is 0.267 e. The number of carbonyl (C=O) groups excluding carboxylic acids is 1. The molecule has 18 heavy (non-hydrogen) atoms. The van der Waals surface area contributed by atoms with Gasteiger partial charge in [0.25, 0.3) is 5.91 Å². The van der Waals surface area contributed by atoms with Crippen LogP contribution in [0.4, 0.5) is 0 Å². The number of carbonyl (C=O) groups is 1. The first-order chi connectivity index (χ1) is 8.56. The highest BCUT2D eigenvalue weighted by Gasteiger charge is 2.24. The van der Waals surface area contributed by atoms with Crippen LogP contribution in [0.3, 0.4) is 0 Å². The fourth-order valence-electron chi connectivity index (χ4n) is 1.99. The number of rotatable bonds is 1. The lowest BCUT2D eigenvalue weighted by Crippen LogP contribution is -2.52. The van der Waals surface area contributed by atoms with Crippen molar-refractivity contribution in [3.63, 3.8) is 0 Å². The number of morpholine rings is 1. The Balaban J connectivity index is 1.93. The van der Waals surface area contributed by atoms with E-state index in [0.29, 0.717) is 23.1 Å². The minimum atomic E-state index is -0.137. The van der Waals surface area contributed by atoms with Crippen molar-refractivity contribution in [1.82, 2.24) is 10.2 Å². The molecule has 0 spiro atoms. The van der Waals surface area contributed by atoms with E-state index in [1.807, 2.05) is 30.2 Å². The lowest BCUT2D eigenvalue weighted by molar-refractivity contribution is -0.0481. The van der Waals surface area contributed by atoms with Gasteiger partial charge in [-0.25, -0.2) is 0 Å². The predicted octanol–water partition coefficient (Wildman–Crippen LogP) is 1.87. The second-order valence-electron chi connectivity index (χ2n) is 4.40. The van der Waals surface area contributed by atoms with Gasteiger partial charge in [0, 0.05) is 13.1 Å². The molecule has 0 unspecified atom stereocenters. The highest BCUT2D eigenvalue weighted by Crippen LogP contribution is 2.12. The van der Waals surface area contributed by atoms with Crippen LogP contribution in [0, 0.1) is 0 Å². The Kier molecular flexibility index (Phi) is 4.31. The first kappa shape index (κ1) is 13.5. The number of nitrogens with zero attached hydrogens (tertiary/aromatic N) is 1. The largest absolute Gasteiger partial charge is 0.372 e. The maximum Gasteiger partial charge on any atom is 0.267 e. The van der Waals surface area contributed by atoms with Gasteiger partial charge in [0.1, 0.15) is 0 Å². The van der Waals surface area contributed by atoms with E-state index in [1.165, 1.54) is 11.3 Å². The van der Waals surface area contributed by atoms with Gasteiger partial charge in [-0.05, 0) is 37.5 Å². The Morgan fingerprint density at radius 2 is 2.17 bits per heavy atom. The standard InChI is InChI=1S/C12H16N2O2S2/c1-8-6-14(7-9(2)16-8)12(17)13-11(15)10-4-3-5-18-10/h3-5,8-9H,6-7H2,1-2H3,(H,13,15,17)/t8-,9-/m1/s1. The summed E-state index contributed by atoms with van der Waals surface area (Å²) in [4.78, 5) is 14.5. The lowest BCUT2D eigenvalue weighted by Gasteiger charge is -2.36. The van der Waals surface area contributed by atoms with Crippen molar-refractivity contribution in [2.24, 2.45) is 0 Å². The molecule has 0 radical (unpaired) electrons. The quantitative estimate of drug-likeness (QED) is 0.800. The van der Waals surface area contributed by atoms with E-state index in [0.717, 1.165) is 0 Å². The molecule has 2 atom stereocenters. The number of nitrogens with one attached hydrogen (secondary N) is 1. The Hall–Kier alpha value is -0.980. The van der Waals surface area contributed by atoms with E-state index < -0.39 is 0 Å². The molecule has 1 aliphatic rings. The first-order valence-corrected chi connectivity index (χ1v) is 7.14. The molecule has 1 N–H and O–H groups in total.